The van der Waals surface area contributed by atoms with Crippen LogP contribution in [0.3, 0.4) is 0 Å². The summed E-state index contributed by atoms with van der Waals surface area (Å²) in [5, 5.41) is 5.89. The molecule has 0 bridgehead atoms. The van der Waals surface area contributed by atoms with Gasteiger partial charge in [-0.25, -0.2) is 14.8 Å². The van der Waals surface area contributed by atoms with Crippen LogP contribution in [0.15, 0.2) is 75.2 Å². The lowest BCUT2D eigenvalue weighted by Gasteiger charge is -2.19. The number of carbonyl (C=O) groups is 2. The minimum absolute atomic E-state index is 0.168. The molecule has 9 nitrogen and oxygen atoms in total. The number of hydrogen-bond acceptors (Lipinski definition) is 7. The number of benzene rings is 2. The van der Waals surface area contributed by atoms with E-state index in [4.69, 9.17) is 9.15 Å². The molecular weight excluding hydrogens is 472 g/mol. The second-order valence-corrected chi connectivity index (χ2v) is 8.91. The van der Waals surface area contributed by atoms with Crippen LogP contribution in [-0.4, -0.2) is 38.8 Å². The van der Waals surface area contributed by atoms with E-state index in [1.807, 2.05) is 38.1 Å². The molecule has 1 atom stereocenters. The first-order valence-corrected chi connectivity index (χ1v) is 12.0. The van der Waals surface area contributed by atoms with Crippen LogP contribution in [0.4, 0.5) is 0 Å². The number of amides is 1. The molecule has 0 N–H and O–H groups in total. The Hall–Kier alpha value is -4.53. The van der Waals surface area contributed by atoms with E-state index in [-0.39, 0.29) is 11.1 Å². The Labute approximate surface area is 213 Å². The van der Waals surface area contributed by atoms with Crippen LogP contribution in [0, 0.1) is 13.8 Å². The van der Waals surface area contributed by atoms with Gasteiger partial charge in [0.1, 0.15) is 17.5 Å². The van der Waals surface area contributed by atoms with E-state index in [1.54, 1.807) is 48.1 Å². The third-order valence-electron chi connectivity index (χ3n) is 6.41. The zero-order valence-electron chi connectivity index (χ0n) is 20.8. The summed E-state index contributed by atoms with van der Waals surface area (Å²) in [5.74, 6) is -0.532. The summed E-state index contributed by atoms with van der Waals surface area (Å²) >= 11 is 0. The highest BCUT2D eigenvalue weighted by molar-refractivity contribution is 6.03. The van der Waals surface area contributed by atoms with Gasteiger partial charge in [-0.15, -0.1) is 0 Å². The molecule has 0 fully saturated rings. The standard InChI is InChI=1S/C28H26N4O5/c1-4-31-23-12-11-20(14-22(23)29-18(3)27(31)34)28(35)37-16-26(33)32-24(25-6-5-13-36-25)15-21(30-32)19-9-7-17(2)8-10-19/h5-14,24H,4,15-16H2,1-3H3. The van der Waals surface area contributed by atoms with E-state index in [2.05, 4.69) is 10.1 Å². The molecule has 0 radical (unpaired) electrons. The van der Waals surface area contributed by atoms with E-state index in [9.17, 15) is 14.4 Å². The van der Waals surface area contributed by atoms with Gasteiger partial charge in [0.25, 0.3) is 11.5 Å². The molecule has 5 rings (SSSR count). The number of furan rings is 1. The first-order valence-electron chi connectivity index (χ1n) is 12.0. The average molecular weight is 499 g/mol. The fourth-order valence-corrected chi connectivity index (χ4v) is 4.46. The molecule has 0 saturated heterocycles. The number of hydrazone groups is 1. The molecule has 0 spiro atoms. The van der Waals surface area contributed by atoms with Crippen molar-refractivity contribution in [2.24, 2.45) is 5.10 Å². The Morgan fingerprint density at radius 1 is 1.11 bits per heavy atom. The van der Waals surface area contributed by atoms with E-state index in [1.165, 1.54) is 5.01 Å². The number of rotatable bonds is 6. The van der Waals surface area contributed by atoms with Crippen LogP contribution in [0.1, 0.15) is 52.3 Å². The topological polar surface area (TPSA) is 107 Å². The van der Waals surface area contributed by atoms with Crippen molar-refractivity contribution in [3.8, 4) is 0 Å². The van der Waals surface area contributed by atoms with Crippen molar-refractivity contribution in [2.75, 3.05) is 6.61 Å². The molecule has 2 aromatic carbocycles. The Balaban J connectivity index is 1.35. The highest BCUT2D eigenvalue weighted by Crippen LogP contribution is 2.33. The van der Waals surface area contributed by atoms with Crippen LogP contribution in [0.5, 0.6) is 0 Å². The summed E-state index contributed by atoms with van der Waals surface area (Å²) in [6.45, 7) is 5.50. The maximum absolute atomic E-state index is 13.1. The number of aryl methyl sites for hydroxylation is 3. The summed E-state index contributed by atoms with van der Waals surface area (Å²) in [5.41, 5.74) is 4.33. The van der Waals surface area contributed by atoms with Crippen LogP contribution in [-0.2, 0) is 16.1 Å². The fourth-order valence-electron chi connectivity index (χ4n) is 4.46. The molecule has 2 aromatic heterocycles. The number of fused-ring (bicyclic) bond motifs is 1. The van der Waals surface area contributed by atoms with Gasteiger partial charge in [0.2, 0.25) is 0 Å². The molecular formula is C28H26N4O5. The molecule has 1 unspecified atom stereocenters. The third kappa shape index (κ3) is 4.67. The number of esters is 1. The van der Waals surface area contributed by atoms with Gasteiger partial charge in [-0.1, -0.05) is 29.8 Å². The summed E-state index contributed by atoms with van der Waals surface area (Å²) in [4.78, 5) is 42.6. The van der Waals surface area contributed by atoms with Gasteiger partial charge in [0.15, 0.2) is 6.61 Å². The van der Waals surface area contributed by atoms with Crippen LogP contribution in [0.2, 0.25) is 0 Å². The minimum Gasteiger partial charge on any atom is -0.467 e. The maximum Gasteiger partial charge on any atom is 0.338 e. The molecule has 0 saturated carbocycles. The van der Waals surface area contributed by atoms with Gasteiger partial charge in [-0.05, 0) is 56.7 Å². The SMILES string of the molecule is CCn1c(=O)c(C)nc2cc(C(=O)OCC(=O)N3N=C(c4ccc(C)cc4)CC3c3ccco3)ccc21. The second-order valence-electron chi connectivity index (χ2n) is 8.91. The Kier molecular flexibility index (Phi) is 6.43. The van der Waals surface area contributed by atoms with Gasteiger partial charge in [-0.2, -0.15) is 5.10 Å². The first kappa shape index (κ1) is 24.2. The van der Waals surface area contributed by atoms with E-state index < -0.39 is 24.5 Å². The highest BCUT2D eigenvalue weighted by atomic mass is 16.5. The van der Waals surface area contributed by atoms with E-state index >= 15 is 0 Å². The van der Waals surface area contributed by atoms with Crippen LogP contribution in [0.25, 0.3) is 11.0 Å². The third-order valence-corrected chi connectivity index (χ3v) is 6.41. The number of carbonyl (C=O) groups excluding carboxylic acids is 2. The Morgan fingerprint density at radius 2 is 1.89 bits per heavy atom. The number of nitrogens with zero attached hydrogens (tertiary/aromatic N) is 4. The molecule has 0 aliphatic carbocycles. The predicted octanol–water partition coefficient (Wildman–Crippen LogP) is 4.16. The van der Waals surface area contributed by atoms with Crippen molar-refractivity contribution in [1.29, 1.82) is 0 Å². The van der Waals surface area contributed by atoms with Crippen molar-refractivity contribution in [1.82, 2.24) is 14.6 Å². The monoisotopic (exact) mass is 498 g/mol. The van der Waals surface area contributed by atoms with Crippen LogP contribution < -0.4 is 5.56 Å². The van der Waals surface area contributed by atoms with Crippen molar-refractivity contribution >= 4 is 28.6 Å². The lowest BCUT2D eigenvalue weighted by Crippen LogP contribution is -2.31. The van der Waals surface area contributed by atoms with Crippen molar-refractivity contribution < 1.29 is 18.7 Å². The van der Waals surface area contributed by atoms with Crippen LogP contribution >= 0.6 is 0 Å². The minimum atomic E-state index is -0.666. The van der Waals surface area contributed by atoms with Crippen molar-refractivity contribution in [3.05, 3.63) is 99.4 Å². The summed E-state index contributed by atoms with van der Waals surface area (Å²) in [7, 11) is 0. The average Bonchev–Trinajstić information content (AvgIpc) is 3.58. The normalized spacial score (nSPS) is 15.2. The lowest BCUT2D eigenvalue weighted by atomic mass is 10.0. The fraction of sp³-hybridized carbons (Fsp3) is 0.250. The van der Waals surface area contributed by atoms with E-state index in [0.29, 0.717) is 35.5 Å². The zero-order chi connectivity index (χ0) is 26.1. The Bertz CT molecular complexity index is 1570. The largest absolute Gasteiger partial charge is 0.467 e. The highest BCUT2D eigenvalue weighted by Gasteiger charge is 2.35. The van der Waals surface area contributed by atoms with Crippen molar-refractivity contribution in [2.45, 2.75) is 39.8 Å². The van der Waals surface area contributed by atoms with Gasteiger partial charge in [0, 0.05) is 13.0 Å². The molecule has 4 aromatic rings. The molecule has 188 valence electrons. The second kappa shape index (κ2) is 9.85. The quantitative estimate of drug-likeness (QED) is 0.370. The first-order chi connectivity index (χ1) is 17.9. The molecule has 1 aliphatic heterocycles. The zero-order valence-corrected chi connectivity index (χ0v) is 20.8. The number of ether oxygens (including phenoxy) is 1. The molecule has 37 heavy (non-hydrogen) atoms. The summed E-state index contributed by atoms with van der Waals surface area (Å²) < 4.78 is 12.5. The Morgan fingerprint density at radius 3 is 2.59 bits per heavy atom. The van der Waals surface area contributed by atoms with Gasteiger partial charge in [0.05, 0.1) is 28.6 Å². The smallest absolute Gasteiger partial charge is 0.338 e. The van der Waals surface area contributed by atoms with E-state index in [0.717, 1.165) is 16.8 Å². The van der Waals surface area contributed by atoms with Gasteiger partial charge < -0.3 is 13.7 Å². The summed E-state index contributed by atoms with van der Waals surface area (Å²) in [6, 6.07) is 15.8. The lowest BCUT2D eigenvalue weighted by molar-refractivity contribution is -0.136. The van der Waals surface area contributed by atoms with Crippen molar-refractivity contribution in [3.63, 3.8) is 0 Å². The molecule has 3 heterocycles. The summed E-state index contributed by atoms with van der Waals surface area (Å²) in [6.07, 6.45) is 2.03. The predicted molar refractivity (Wildman–Crippen MR) is 137 cm³/mol. The molecule has 9 heteroatoms. The number of aromatic nitrogens is 2. The number of hydrogen-bond donors (Lipinski definition) is 0. The maximum atomic E-state index is 13.1. The molecule has 1 amide bonds. The van der Waals surface area contributed by atoms with Gasteiger partial charge in [-0.3, -0.25) is 9.59 Å². The van der Waals surface area contributed by atoms with Gasteiger partial charge >= 0.3 is 5.97 Å². The molecule has 1 aliphatic rings.